The lowest BCUT2D eigenvalue weighted by Gasteiger charge is -2.38. The molecule has 1 aliphatic heterocycles. The Morgan fingerprint density at radius 3 is 2.71 bits per heavy atom. The van der Waals surface area contributed by atoms with Crippen LogP contribution in [0.25, 0.3) is 10.9 Å². The van der Waals surface area contributed by atoms with Crippen LogP contribution < -0.4 is 0 Å². The Hall–Kier alpha value is -1.85. The number of carbonyl (C=O) groups is 1. The largest absolute Gasteiger partial charge is 0.345 e. The fourth-order valence-corrected chi connectivity index (χ4v) is 3.51. The van der Waals surface area contributed by atoms with E-state index in [2.05, 4.69) is 54.6 Å². The first kappa shape index (κ1) is 17.0. The molecule has 1 aliphatic rings. The standard InChI is InChI=1S/C19H28N4O/c1-15-13-21(4)10-12-23(15)19(24)17-14-22(11-9-20(2)3)18-8-6-5-7-16(17)18/h5-8,14-15H,9-13H2,1-4H3/t15-/m0/s1. The Balaban J connectivity index is 1.92. The maximum absolute atomic E-state index is 13.2. The predicted molar refractivity (Wildman–Crippen MR) is 98.5 cm³/mol. The van der Waals surface area contributed by atoms with Gasteiger partial charge in [0.2, 0.25) is 0 Å². The molecule has 2 heterocycles. The summed E-state index contributed by atoms with van der Waals surface area (Å²) in [6, 6.07) is 8.48. The van der Waals surface area contributed by atoms with Gasteiger partial charge in [0.25, 0.3) is 5.91 Å². The molecule has 1 saturated heterocycles. The molecule has 3 rings (SSSR count). The average Bonchev–Trinajstić information content (AvgIpc) is 2.91. The summed E-state index contributed by atoms with van der Waals surface area (Å²) >= 11 is 0. The van der Waals surface area contributed by atoms with Gasteiger partial charge in [0.1, 0.15) is 0 Å². The molecule has 0 bridgehead atoms. The van der Waals surface area contributed by atoms with Gasteiger partial charge in [0.15, 0.2) is 0 Å². The summed E-state index contributed by atoms with van der Waals surface area (Å²) in [7, 11) is 6.26. The molecule has 1 atom stereocenters. The minimum Gasteiger partial charge on any atom is -0.345 e. The van der Waals surface area contributed by atoms with Crippen LogP contribution in [0.15, 0.2) is 30.5 Å². The number of rotatable bonds is 4. The molecular formula is C19H28N4O. The van der Waals surface area contributed by atoms with E-state index in [9.17, 15) is 4.79 Å². The molecule has 2 aromatic rings. The second-order valence-corrected chi connectivity index (χ2v) is 7.17. The average molecular weight is 328 g/mol. The highest BCUT2D eigenvalue weighted by molar-refractivity contribution is 6.07. The van der Waals surface area contributed by atoms with E-state index in [1.165, 1.54) is 0 Å². The number of fused-ring (bicyclic) bond motifs is 1. The topological polar surface area (TPSA) is 31.7 Å². The van der Waals surface area contributed by atoms with Gasteiger partial charge < -0.3 is 19.3 Å². The van der Waals surface area contributed by atoms with E-state index >= 15 is 0 Å². The van der Waals surface area contributed by atoms with Crippen molar-refractivity contribution in [3.63, 3.8) is 0 Å². The first-order valence-corrected chi connectivity index (χ1v) is 8.69. The van der Waals surface area contributed by atoms with Crippen LogP contribution in [0.1, 0.15) is 17.3 Å². The third-order valence-corrected chi connectivity index (χ3v) is 4.90. The maximum atomic E-state index is 13.2. The Labute approximate surface area is 144 Å². The molecule has 1 amide bonds. The molecule has 0 saturated carbocycles. The van der Waals surface area contributed by atoms with E-state index in [0.29, 0.717) is 0 Å². The molecule has 0 unspecified atom stereocenters. The first-order chi connectivity index (χ1) is 11.5. The van der Waals surface area contributed by atoms with Crippen LogP contribution in [-0.4, -0.2) is 78.5 Å². The van der Waals surface area contributed by atoms with Gasteiger partial charge in [0.05, 0.1) is 5.56 Å². The zero-order valence-corrected chi connectivity index (χ0v) is 15.2. The molecule has 0 spiro atoms. The molecule has 24 heavy (non-hydrogen) atoms. The summed E-state index contributed by atoms with van der Waals surface area (Å²) in [5.74, 6) is 0.162. The zero-order valence-electron chi connectivity index (χ0n) is 15.2. The van der Waals surface area contributed by atoms with Gasteiger partial charge in [-0.05, 0) is 34.1 Å². The highest BCUT2D eigenvalue weighted by atomic mass is 16.2. The van der Waals surface area contributed by atoms with E-state index in [-0.39, 0.29) is 11.9 Å². The molecule has 0 aliphatic carbocycles. The Morgan fingerprint density at radius 2 is 2.00 bits per heavy atom. The van der Waals surface area contributed by atoms with Crippen molar-refractivity contribution < 1.29 is 4.79 Å². The molecule has 0 radical (unpaired) electrons. The summed E-state index contributed by atoms with van der Waals surface area (Å²) in [5.41, 5.74) is 1.98. The van der Waals surface area contributed by atoms with Crippen molar-refractivity contribution in [2.24, 2.45) is 0 Å². The highest BCUT2D eigenvalue weighted by Crippen LogP contribution is 2.24. The van der Waals surface area contributed by atoms with Gasteiger partial charge >= 0.3 is 0 Å². The zero-order chi connectivity index (χ0) is 17.3. The second-order valence-electron chi connectivity index (χ2n) is 7.17. The number of nitrogens with zero attached hydrogens (tertiary/aromatic N) is 4. The minimum absolute atomic E-state index is 0.162. The molecular weight excluding hydrogens is 300 g/mol. The number of para-hydroxylation sites is 1. The van der Waals surface area contributed by atoms with E-state index in [4.69, 9.17) is 0 Å². The summed E-state index contributed by atoms with van der Waals surface area (Å²) in [6.45, 7) is 6.66. The van der Waals surface area contributed by atoms with Crippen LogP contribution in [-0.2, 0) is 6.54 Å². The maximum Gasteiger partial charge on any atom is 0.256 e. The number of aromatic nitrogens is 1. The summed E-state index contributed by atoms with van der Waals surface area (Å²) < 4.78 is 2.21. The van der Waals surface area contributed by atoms with Crippen molar-refractivity contribution >= 4 is 16.8 Å². The van der Waals surface area contributed by atoms with E-state index in [1.54, 1.807) is 0 Å². The van der Waals surface area contributed by atoms with E-state index in [0.717, 1.165) is 49.2 Å². The first-order valence-electron chi connectivity index (χ1n) is 8.69. The van der Waals surface area contributed by atoms with Gasteiger partial charge in [-0.3, -0.25) is 4.79 Å². The molecule has 1 aromatic heterocycles. The van der Waals surface area contributed by atoms with Crippen molar-refractivity contribution in [3.8, 4) is 0 Å². The molecule has 1 aromatic carbocycles. The van der Waals surface area contributed by atoms with Crippen LogP contribution in [0.2, 0.25) is 0 Å². The third-order valence-electron chi connectivity index (χ3n) is 4.90. The van der Waals surface area contributed by atoms with Crippen molar-refractivity contribution in [1.29, 1.82) is 0 Å². The number of benzene rings is 1. The number of hydrogen-bond donors (Lipinski definition) is 0. The number of amides is 1. The lowest BCUT2D eigenvalue weighted by Crippen LogP contribution is -2.52. The van der Waals surface area contributed by atoms with Gasteiger partial charge in [-0.25, -0.2) is 0 Å². The van der Waals surface area contributed by atoms with Crippen LogP contribution in [0.4, 0.5) is 0 Å². The van der Waals surface area contributed by atoms with Crippen LogP contribution in [0, 0.1) is 0 Å². The highest BCUT2D eigenvalue weighted by Gasteiger charge is 2.28. The molecule has 5 nitrogen and oxygen atoms in total. The summed E-state index contributed by atoms with van der Waals surface area (Å²) in [5, 5.41) is 1.06. The number of carbonyl (C=O) groups excluding carboxylic acids is 1. The van der Waals surface area contributed by atoms with Crippen LogP contribution in [0.3, 0.4) is 0 Å². The fraction of sp³-hybridized carbons (Fsp3) is 0.526. The third kappa shape index (κ3) is 3.32. The van der Waals surface area contributed by atoms with Crippen molar-refractivity contribution in [1.82, 2.24) is 19.3 Å². The number of likely N-dealkylation sites (N-methyl/N-ethyl adjacent to an activating group) is 2. The monoisotopic (exact) mass is 328 g/mol. The van der Waals surface area contributed by atoms with Crippen molar-refractivity contribution in [2.45, 2.75) is 19.5 Å². The molecule has 5 heteroatoms. The Kier molecular flexibility index (Phi) is 4.92. The summed E-state index contributed by atoms with van der Waals surface area (Å²) in [4.78, 5) is 19.6. The van der Waals surface area contributed by atoms with Gasteiger partial charge in [0, 0.05) is 55.9 Å². The SMILES string of the molecule is C[C@H]1CN(C)CCN1C(=O)c1cn(CCN(C)C)c2ccccc12. The van der Waals surface area contributed by atoms with Gasteiger partial charge in [-0.1, -0.05) is 18.2 Å². The quantitative estimate of drug-likeness (QED) is 0.860. The molecule has 130 valence electrons. The Bertz CT molecular complexity index is 721. The lowest BCUT2D eigenvalue weighted by atomic mass is 10.1. The van der Waals surface area contributed by atoms with Gasteiger partial charge in [-0.15, -0.1) is 0 Å². The Morgan fingerprint density at radius 1 is 1.25 bits per heavy atom. The minimum atomic E-state index is 0.162. The fourth-order valence-electron chi connectivity index (χ4n) is 3.51. The smallest absolute Gasteiger partial charge is 0.256 e. The van der Waals surface area contributed by atoms with E-state index in [1.807, 2.05) is 23.2 Å². The van der Waals surface area contributed by atoms with Crippen LogP contribution >= 0.6 is 0 Å². The van der Waals surface area contributed by atoms with E-state index < -0.39 is 0 Å². The normalized spacial score (nSPS) is 19.4. The predicted octanol–water partition coefficient (Wildman–Crippen LogP) is 1.98. The molecule has 1 fully saturated rings. The second kappa shape index (κ2) is 6.95. The lowest BCUT2D eigenvalue weighted by molar-refractivity contribution is 0.0535. The van der Waals surface area contributed by atoms with Crippen LogP contribution in [0.5, 0.6) is 0 Å². The summed E-state index contributed by atoms with van der Waals surface area (Å²) in [6.07, 6.45) is 2.04. The molecule has 0 N–H and O–H groups in total. The number of hydrogen-bond acceptors (Lipinski definition) is 3. The van der Waals surface area contributed by atoms with Crippen molar-refractivity contribution in [2.75, 3.05) is 47.3 Å². The van der Waals surface area contributed by atoms with Crippen molar-refractivity contribution in [3.05, 3.63) is 36.0 Å². The van der Waals surface area contributed by atoms with Gasteiger partial charge in [-0.2, -0.15) is 0 Å². The number of piperazine rings is 1.